The lowest BCUT2D eigenvalue weighted by Crippen LogP contribution is -2.32. The first-order chi connectivity index (χ1) is 22.7. The molecule has 0 heterocycles. The molecule has 0 aromatic heterocycles. The van der Waals surface area contributed by atoms with Gasteiger partial charge in [-0.3, -0.25) is 0 Å². The summed E-state index contributed by atoms with van der Waals surface area (Å²) in [6.07, 6.45) is 7.00. The third-order valence-electron chi connectivity index (χ3n) is 12.1. The van der Waals surface area contributed by atoms with Gasteiger partial charge in [-0.15, -0.1) is 0 Å². The molecule has 0 radical (unpaired) electrons. The van der Waals surface area contributed by atoms with Gasteiger partial charge in [-0.2, -0.15) is 0 Å². The summed E-state index contributed by atoms with van der Waals surface area (Å²) in [5.41, 5.74) is 5.64. The summed E-state index contributed by atoms with van der Waals surface area (Å²) in [5, 5.41) is 0. The summed E-state index contributed by atoms with van der Waals surface area (Å²) in [6.45, 7) is 22.9. The van der Waals surface area contributed by atoms with E-state index in [0.717, 1.165) is 25.7 Å². The van der Waals surface area contributed by atoms with Gasteiger partial charge in [0.1, 0.15) is 0 Å². The van der Waals surface area contributed by atoms with Crippen LogP contribution in [0.3, 0.4) is 0 Å². The van der Waals surface area contributed by atoms with Crippen molar-refractivity contribution in [2.45, 2.75) is 184 Å². The van der Waals surface area contributed by atoms with Crippen LogP contribution in [-0.2, 0) is 0 Å². The molecule has 0 aliphatic heterocycles. The first-order valence-corrected chi connectivity index (χ1v) is 19.3. The molecule has 1 aromatic rings. The maximum Gasteiger partial charge on any atom is 0.250 e. The van der Waals surface area contributed by atoms with Gasteiger partial charge in [0, 0.05) is 49.4 Å². The van der Waals surface area contributed by atoms with Crippen LogP contribution < -0.4 is 0 Å². The average molecular weight is 727 g/mol. The Hall–Kier alpha value is -1.34. The fraction of sp³-hybridized carbons (Fsp3) is 0.857. The zero-order valence-corrected chi connectivity index (χ0v) is 33.3. The Morgan fingerprint density at radius 2 is 0.540 bits per heavy atom. The van der Waals surface area contributed by atoms with E-state index in [9.17, 15) is 35.1 Å². The molecule has 8 atom stereocenters. The Labute approximate surface area is 300 Å². The lowest BCUT2D eigenvalue weighted by atomic mass is 9.81. The van der Waals surface area contributed by atoms with Crippen molar-refractivity contribution >= 4 is 0 Å². The van der Waals surface area contributed by atoms with Gasteiger partial charge in [0.05, 0.1) is 0 Å². The predicted molar refractivity (Wildman–Crippen MR) is 194 cm³/mol. The highest BCUT2D eigenvalue weighted by Crippen LogP contribution is 2.43. The Morgan fingerprint density at radius 3 is 0.680 bits per heavy atom. The zero-order valence-electron chi connectivity index (χ0n) is 33.3. The number of halogens is 8. The molecule has 294 valence electrons. The summed E-state index contributed by atoms with van der Waals surface area (Å²) >= 11 is 0. The van der Waals surface area contributed by atoms with Crippen LogP contribution >= 0.6 is 0 Å². The normalized spacial score (nSPS) is 33.7. The molecule has 0 nitrogen and oxygen atoms in total. The minimum atomic E-state index is -2.39. The monoisotopic (exact) mass is 727 g/mol. The predicted octanol–water partition coefficient (Wildman–Crippen LogP) is 15.2. The molecule has 0 amide bonds. The highest BCUT2D eigenvalue weighted by molar-refractivity contribution is 5.37. The van der Waals surface area contributed by atoms with Gasteiger partial charge in [0.25, 0.3) is 23.7 Å². The van der Waals surface area contributed by atoms with Crippen LogP contribution in [0.4, 0.5) is 35.1 Å². The van der Waals surface area contributed by atoms with E-state index >= 15 is 0 Å². The largest absolute Gasteiger partial charge is 0.250 e. The lowest BCUT2D eigenvalue weighted by molar-refractivity contribution is -0.0931. The van der Waals surface area contributed by atoms with E-state index in [1.54, 1.807) is 27.7 Å². The molecular formula is C42H70F8. The topological polar surface area (TPSA) is 0 Å². The summed E-state index contributed by atoms with van der Waals surface area (Å²) in [4.78, 5) is 0. The Morgan fingerprint density at radius 1 is 0.360 bits per heavy atom. The molecule has 4 fully saturated rings. The minimum absolute atomic E-state index is 0.0914. The van der Waals surface area contributed by atoms with E-state index in [1.165, 1.54) is 22.3 Å². The van der Waals surface area contributed by atoms with Gasteiger partial charge in [0.2, 0.25) is 0 Å². The van der Waals surface area contributed by atoms with Gasteiger partial charge >= 0.3 is 0 Å². The van der Waals surface area contributed by atoms with Crippen LogP contribution in [-0.4, -0.2) is 23.7 Å². The molecule has 4 aliphatic rings. The molecule has 5 rings (SSSR count). The fourth-order valence-electron chi connectivity index (χ4n) is 7.15. The lowest BCUT2D eigenvalue weighted by Gasteiger charge is -2.32. The molecule has 50 heavy (non-hydrogen) atoms. The second kappa shape index (κ2) is 19.7. The molecule has 1 aromatic carbocycles. The van der Waals surface area contributed by atoms with Crippen LogP contribution in [0.1, 0.15) is 155 Å². The van der Waals surface area contributed by atoms with Crippen molar-refractivity contribution in [1.82, 2.24) is 0 Å². The van der Waals surface area contributed by atoms with E-state index in [1.807, 2.05) is 27.7 Å². The second-order valence-corrected chi connectivity index (χ2v) is 17.1. The number of hydrogen-bond donors (Lipinski definition) is 0. The zero-order chi connectivity index (χ0) is 38.8. The maximum absolute atomic E-state index is 12.8. The molecule has 0 N–H and O–H groups in total. The number of hydrogen-bond acceptors (Lipinski definition) is 0. The van der Waals surface area contributed by atoms with E-state index in [-0.39, 0.29) is 49.4 Å². The van der Waals surface area contributed by atoms with Gasteiger partial charge < -0.3 is 0 Å². The van der Waals surface area contributed by atoms with Gasteiger partial charge in [0.15, 0.2) is 0 Å². The number of rotatable bonds is 0. The molecule has 8 heteroatoms. The van der Waals surface area contributed by atoms with E-state index in [0.29, 0.717) is 25.7 Å². The van der Waals surface area contributed by atoms with Gasteiger partial charge in [-0.05, 0) is 99.3 Å². The summed E-state index contributed by atoms with van der Waals surface area (Å²) in [7, 11) is 0. The molecule has 4 aliphatic carbocycles. The van der Waals surface area contributed by atoms with Crippen molar-refractivity contribution in [2.24, 2.45) is 47.3 Å². The van der Waals surface area contributed by atoms with E-state index < -0.39 is 47.4 Å². The average Bonchev–Trinajstić information content (AvgIpc) is 2.99. The highest BCUT2D eigenvalue weighted by atomic mass is 19.3. The minimum Gasteiger partial charge on any atom is -0.207 e. The third-order valence-corrected chi connectivity index (χ3v) is 12.1. The van der Waals surface area contributed by atoms with Gasteiger partial charge in [-0.1, -0.05) is 93.2 Å². The van der Waals surface area contributed by atoms with Crippen LogP contribution in [0.5, 0.6) is 0 Å². The summed E-state index contributed by atoms with van der Waals surface area (Å²) in [5.74, 6) is -10.3. The van der Waals surface area contributed by atoms with Crippen LogP contribution in [0.25, 0.3) is 0 Å². The maximum atomic E-state index is 12.8. The summed E-state index contributed by atoms with van der Waals surface area (Å²) in [6, 6.07) is 4.36. The Kier molecular flexibility index (Phi) is 18.3. The smallest absolute Gasteiger partial charge is 0.207 e. The van der Waals surface area contributed by atoms with Crippen molar-refractivity contribution < 1.29 is 35.1 Å². The fourth-order valence-corrected chi connectivity index (χ4v) is 7.15. The Balaban J connectivity index is 0.000000312. The molecular weight excluding hydrogens is 656 g/mol. The SMILES string of the molecule is CC1CCC(C)C(F)(F)C1.CC1CCC(C)C(F)(F)C1.CC1CCC(C)C(F)(F)C1.CC1CCC(C)C(F)(F)C1.Cc1ccc(C)c(C)c1C. The highest BCUT2D eigenvalue weighted by Gasteiger charge is 2.43. The molecule has 0 spiro atoms. The van der Waals surface area contributed by atoms with Crippen LogP contribution in [0.2, 0.25) is 0 Å². The first kappa shape index (κ1) is 46.7. The van der Waals surface area contributed by atoms with Crippen molar-refractivity contribution in [2.75, 3.05) is 0 Å². The third kappa shape index (κ3) is 15.3. The Bertz CT molecular complexity index is 982. The summed E-state index contributed by atoms with van der Waals surface area (Å²) < 4.78 is 103. The molecule has 8 unspecified atom stereocenters. The number of aryl methyl sites for hydroxylation is 2. The van der Waals surface area contributed by atoms with Crippen molar-refractivity contribution in [3.8, 4) is 0 Å². The van der Waals surface area contributed by atoms with E-state index in [2.05, 4.69) is 39.8 Å². The number of alkyl halides is 8. The van der Waals surface area contributed by atoms with Crippen LogP contribution in [0.15, 0.2) is 12.1 Å². The molecule has 0 bridgehead atoms. The first-order valence-electron chi connectivity index (χ1n) is 19.3. The van der Waals surface area contributed by atoms with E-state index in [4.69, 9.17) is 0 Å². The van der Waals surface area contributed by atoms with Crippen molar-refractivity contribution in [1.29, 1.82) is 0 Å². The van der Waals surface area contributed by atoms with Gasteiger partial charge in [-0.25, -0.2) is 35.1 Å². The quantitative estimate of drug-likeness (QED) is 0.234. The van der Waals surface area contributed by atoms with Crippen molar-refractivity contribution in [3.63, 3.8) is 0 Å². The second-order valence-electron chi connectivity index (χ2n) is 17.1. The number of benzene rings is 1. The van der Waals surface area contributed by atoms with Crippen LogP contribution in [0, 0.1) is 75.0 Å². The molecule has 4 saturated carbocycles. The van der Waals surface area contributed by atoms with Crippen molar-refractivity contribution in [3.05, 3.63) is 34.4 Å². The standard InChI is InChI=1S/C10H14.4C8H14F2/c1-7-5-6-8(2)10(4)9(7)3;4*1-6-3-4-7(2)8(9,10)5-6/h5-6H,1-4H3;4*6-7H,3-5H2,1-2H3. The molecule has 0 saturated heterocycles.